The Balaban J connectivity index is 2.56. The van der Waals surface area contributed by atoms with E-state index in [2.05, 4.69) is 10.2 Å². The van der Waals surface area contributed by atoms with Gasteiger partial charge < -0.3 is 30.5 Å². The van der Waals surface area contributed by atoms with E-state index in [1.165, 1.54) is 7.05 Å². The molecule has 0 unspecified atom stereocenters. The quantitative estimate of drug-likeness (QED) is 0.288. The van der Waals surface area contributed by atoms with Crippen molar-refractivity contribution in [2.75, 3.05) is 13.7 Å². The number of carbonyl (C=O) groups is 1. The number of amides is 2. The van der Waals surface area contributed by atoms with E-state index in [0.29, 0.717) is 0 Å². The van der Waals surface area contributed by atoms with Gasteiger partial charge in [-0.15, -0.1) is 0 Å². The summed E-state index contributed by atoms with van der Waals surface area (Å²) in [6.45, 7) is -0.565. The number of hydrogen-bond donors (Lipinski definition) is 6. The molecule has 0 aromatic heterocycles. The molecule has 0 saturated carbocycles. The van der Waals surface area contributed by atoms with Crippen molar-refractivity contribution >= 4 is 6.03 Å². The molecule has 0 spiro atoms. The molecule has 100 valence electrons. The summed E-state index contributed by atoms with van der Waals surface area (Å²) in [6.07, 6.45) is -7.02. The van der Waals surface area contributed by atoms with Crippen LogP contribution in [0.15, 0.2) is 0 Å². The highest BCUT2D eigenvalue weighted by molar-refractivity contribution is 5.72. The molecule has 6 N–H and O–H groups in total. The summed E-state index contributed by atoms with van der Waals surface area (Å²) in [5.74, 6) is 0. The van der Waals surface area contributed by atoms with E-state index in [1.807, 2.05) is 5.48 Å². The molecule has 9 nitrogen and oxygen atoms in total. The molecule has 5 atom stereocenters. The zero-order valence-electron chi connectivity index (χ0n) is 9.11. The van der Waals surface area contributed by atoms with Gasteiger partial charge in [0.25, 0.3) is 0 Å². The van der Waals surface area contributed by atoms with Crippen LogP contribution in [-0.2, 0) is 9.57 Å². The number of urea groups is 1. The lowest BCUT2D eigenvalue weighted by atomic mass is 9.99. The molecule has 1 fully saturated rings. The van der Waals surface area contributed by atoms with Crippen molar-refractivity contribution in [1.82, 2.24) is 10.8 Å². The van der Waals surface area contributed by atoms with E-state index in [-0.39, 0.29) is 0 Å². The normalized spacial score (nSPS) is 37.6. The highest BCUT2D eigenvalue weighted by atomic mass is 16.8. The molecule has 0 aromatic rings. The minimum Gasteiger partial charge on any atom is -0.394 e. The van der Waals surface area contributed by atoms with E-state index < -0.39 is 43.3 Å². The fourth-order valence-electron chi connectivity index (χ4n) is 1.33. The van der Waals surface area contributed by atoms with Crippen LogP contribution in [0.3, 0.4) is 0 Å². The molecule has 0 bridgehead atoms. The van der Waals surface area contributed by atoms with Gasteiger partial charge in [-0.25, -0.2) is 15.1 Å². The van der Waals surface area contributed by atoms with Crippen LogP contribution in [0.5, 0.6) is 0 Å². The van der Waals surface area contributed by atoms with Crippen LogP contribution < -0.4 is 10.8 Å². The second-order valence-corrected chi connectivity index (χ2v) is 3.50. The highest BCUT2D eigenvalue weighted by Gasteiger charge is 2.44. The molecular formula is C8H16N2O7. The second-order valence-electron chi connectivity index (χ2n) is 3.50. The summed E-state index contributed by atoms with van der Waals surface area (Å²) < 4.78 is 4.95. The lowest BCUT2D eigenvalue weighted by Crippen LogP contribution is -2.60. The summed E-state index contributed by atoms with van der Waals surface area (Å²) in [5, 5.41) is 39.4. The van der Waals surface area contributed by atoms with Crippen LogP contribution in [0.4, 0.5) is 4.79 Å². The van der Waals surface area contributed by atoms with Crippen LogP contribution in [0.2, 0.25) is 0 Å². The first kappa shape index (κ1) is 14.1. The minimum atomic E-state index is -1.55. The maximum absolute atomic E-state index is 10.8. The second kappa shape index (κ2) is 6.10. The number of ether oxygens (including phenoxy) is 1. The molecule has 17 heavy (non-hydrogen) atoms. The van der Waals surface area contributed by atoms with Crippen molar-refractivity contribution in [1.29, 1.82) is 0 Å². The molecular weight excluding hydrogens is 236 g/mol. The van der Waals surface area contributed by atoms with Crippen LogP contribution in [-0.4, -0.2) is 70.8 Å². The van der Waals surface area contributed by atoms with Gasteiger partial charge in [0.05, 0.1) is 6.61 Å². The average Bonchev–Trinajstić information content (AvgIpc) is 2.34. The monoisotopic (exact) mass is 252 g/mol. The van der Waals surface area contributed by atoms with Crippen LogP contribution in [0, 0.1) is 0 Å². The Morgan fingerprint density at radius 1 is 1.29 bits per heavy atom. The fourth-order valence-corrected chi connectivity index (χ4v) is 1.33. The third-order valence-electron chi connectivity index (χ3n) is 2.34. The highest BCUT2D eigenvalue weighted by Crippen LogP contribution is 2.21. The van der Waals surface area contributed by atoms with E-state index in [1.54, 1.807) is 0 Å². The van der Waals surface area contributed by atoms with Gasteiger partial charge in [-0.1, -0.05) is 0 Å². The van der Waals surface area contributed by atoms with Crippen molar-refractivity contribution in [2.24, 2.45) is 0 Å². The van der Waals surface area contributed by atoms with Crippen LogP contribution in [0.25, 0.3) is 0 Å². The third-order valence-corrected chi connectivity index (χ3v) is 2.34. The summed E-state index contributed by atoms with van der Waals surface area (Å²) in [7, 11) is 1.35. The number of rotatable bonds is 3. The summed E-state index contributed by atoms with van der Waals surface area (Å²) >= 11 is 0. The number of hydrogen-bond acceptors (Lipinski definition) is 7. The van der Waals surface area contributed by atoms with E-state index in [0.717, 1.165) is 0 Å². The van der Waals surface area contributed by atoms with Gasteiger partial charge in [0.2, 0.25) is 6.29 Å². The lowest BCUT2D eigenvalue weighted by Gasteiger charge is -2.38. The zero-order valence-corrected chi connectivity index (χ0v) is 9.11. The lowest BCUT2D eigenvalue weighted by molar-refractivity contribution is -0.311. The number of hydroxylamine groups is 1. The number of aliphatic hydroxyl groups excluding tert-OH is 4. The topological polar surface area (TPSA) is 141 Å². The van der Waals surface area contributed by atoms with Crippen molar-refractivity contribution in [2.45, 2.75) is 30.7 Å². The van der Waals surface area contributed by atoms with E-state index >= 15 is 0 Å². The Morgan fingerprint density at radius 3 is 2.47 bits per heavy atom. The van der Waals surface area contributed by atoms with Gasteiger partial charge in [0.1, 0.15) is 24.4 Å². The van der Waals surface area contributed by atoms with Gasteiger partial charge in [-0.3, -0.25) is 0 Å². The Morgan fingerprint density at radius 2 is 1.94 bits per heavy atom. The molecule has 2 amide bonds. The standard InChI is InChI=1S/C8H16N2O7/c1-9-8(15)10-17-7-6(14)5(13)4(12)3(2-11)16-7/h3-7,11-14H,2H2,1H3,(H2,9,10,15)/t3-,4+,5+,6-,7+/m1/s1. The molecule has 0 aliphatic carbocycles. The summed E-state index contributed by atoms with van der Waals surface area (Å²) in [6, 6.07) is -0.679. The predicted molar refractivity (Wildman–Crippen MR) is 52.4 cm³/mol. The van der Waals surface area contributed by atoms with Gasteiger partial charge in [-0.05, 0) is 0 Å². The fraction of sp³-hybridized carbons (Fsp3) is 0.875. The smallest absolute Gasteiger partial charge is 0.338 e. The van der Waals surface area contributed by atoms with Crippen LogP contribution in [0.1, 0.15) is 0 Å². The molecule has 9 heteroatoms. The summed E-state index contributed by atoms with van der Waals surface area (Å²) in [5.41, 5.74) is 1.90. The van der Waals surface area contributed by atoms with Crippen molar-refractivity contribution in [3.8, 4) is 0 Å². The van der Waals surface area contributed by atoms with Crippen molar-refractivity contribution in [3.05, 3.63) is 0 Å². The zero-order chi connectivity index (χ0) is 13.0. The van der Waals surface area contributed by atoms with Crippen molar-refractivity contribution < 1.29 is 34.8 Å². The minimum absolute atomic E-state index is 0.565. The molecule has 1 saturated heterocycles. The first-order chi connectivity index (χ1) is 8.01. The SMILES string of the molecule is CNC(=O)NO[C@@H]1O[C@H](CO)[C@H](O)[C@H](O)[C@H]1O. The Labute approximate surface area is 96.9 Å². The average molecular weight is 252 g/mol. The number of carbonyl (C=O) groups excluding carboxylic acids is 1. The summed E-state index contributed by atoms with van der Waals surface area (Å²) in [4.78, 5) is 15.5. The first-order valence-electron chi connectivity index (χ1n) is 4.95. The first-order valence-corrected chi connectivity index (χ1v) is 4.95. The Kier molecular flexibility index (Phi) is 5.05. The van der Waals surface area contributed by atoms with Gasteiger partial charge in [0, 0.05) is 7.05 Å². The van der Waals surface area contributed by atoms with E-state index in [9.17, 15) is 20.1 Å². The molecule has 0 aromatic carbocycles. The maximum atomic E-state index is 10.8. The largest absolute Gasteiger partial charge is 0.394 e. The van der Waals surface area contributed by atoms with Gasteiger partial charge >= 0.3 is 6.03 Å². The third kappa shape index (κ3) is 3.25. The maximum Gasteiger partial charge on any atom is 0.338 e. The predicted octanol–water partition coefficient (Wildman–Crippen LogP) is -3.35. The molecule has 0 radical (unpaired) electrons. The molecule has 1 aliphatic rings. The number of aliphatic hydroxyl groups is 4. The Bertz CT molecular complexity index is 262. The van der Waals surface area contributed by atoms with Crippen LogP contribution >= 0.6 is 0 Å². The number of nitrogens with one attached hydrogen (secondary N) is 2. The van der Waals surface area contributed by atoms with Gasteiger partial charge in [-0.2, -0.15) is 0 Å². The Hall–Kier alpha value is -0.970. The van der Waals surface area contributed by atoms with Crippen molar-refractivity contribution in [3.63, 3.8) is 0 Å². The van der Waals surface area contributed by atoms with E-state index in [4.69, 9.17) is 9.84 Å². The molecule has 1 rings (SSSR count). The van der Waals surface area contributed by atoms with Gasteiger partial charge in [0.15, 0.2) is 0 Å². The molecule has 1 aliphatic heterocycles. The molecule has 1 heterocycles.